The molecule has 3 aromatic rings. The van der Waals surface area contributed by atoms with Crippen LogP contribution in [0.2, 0.25) is 0 Å². The Bertz CT molecular complexity index is 807. The molecule has 6 heteroatoms. The van der Waals surface area contributed by atoms with Gasteiger partial charge in [0.2, 0.25) is 0 Å². The van der Waals surface area contributed by atoms with E-state index < -0.39 is 0 Å². The van der Waals surface area contributed by atoms with Gasteiger partial charge in [-0.3, -0.25) is 9.78 Å². The lowest BCUT2D eigenvalue weighted by molar-refractivity contribution is 0.186. The summed E-state index contributed by atoms with van der Waals surface area (Å²) in [6.07, 6.45) is 6.98. The van der Waals surface area contributed by atoms with Gasteiger partial charge in [0, 0.05) is 32.2 Å². The first-order chi connectivity index (χ1) is 10.3. The number of methoxy groups -OCH3 is 1. The summed E-state index contributed by atoms with van der Waals surface area (Å²) < 4.78 is 8.74. The molecule has 21 heavy (non-hydrogen) atoms. The number of pyridine rings is 2. The number of rotatable bonds is 5. The van der Waals surface area contributed by atoms with Gasteiger partial charge in [-0.1, -0.05) is 0 Å². The number of ether oxygens (including phenoxy) is 1. The van der Waals surface area contributed by atoms with Crippen LogP contribution in [0.3, 0.4) is 0 Å². The molecular formula is C15H16N4O2. The zero-order valence-corrected chi connectivity index (χ0v) is 11.8. The lowest BCUT2D eigenvalue weighted by Gasteiger charge is -2.10. The Hall–Kier alpha value is -2.47. The fraction of sp³-hybridized carbons (Fsp3) is 0.267. The summed E-state index contributed by atoms with van der Waals surface area (Å²) in [6.45, 7) is 1.81. The van der Waals surface area contributed by atoms with Crippen molar-refractivity contribution in [3.63, 3.8) is 0 Å². The third-order valence-electron chi connectivity index (χ3n) is 3.41. The monoisotopic (exact) mass is 284 g/mol. The van der Waals surface area contributed by atoms with Crippen LogP contribution in [-0.2, 0) is 17.8 Å². The van der Waals surface area contributed by atoms with Gasteiger partial charge in [-0.05, 0) is 18.2 Å². The quantitative estimate of drug-likeness (QED) is 0.708. The topological polar surface area (TPSA) is 61.9 Å². The molecule has 3 rings (SSSR count). The highest BCUT2D eigenvalue weighted by Gasteiger charge is 2.07. The first-order valence-electron chi connectivity index (χ1n) is 6.71. The summed E-state index contributed by atoms with van der Waals surface area (Å²) in [5.74, 6) is 0. The average molecular weight is 284 g/mol. The Morgan fingerprint density at radius 2 is 2.19 bits per heavy atom. The zero-order chi connectivity index (χ0) is 14.7. The SMILES string of the molecule is COCCn1cncc1Cn1ccc2ncccc2c1=O. The highest BCUT2D eigenvalue weighted by molar-refractivity contribution is 5.76. The van der Waals surface area contributed by atoms with Gasteiger partial charge in [-0.15, -0.1) is 0 Å². The summed E-state index contributed by atoms with van der Waals surface area (Å²) in [5, 5.41) is 0.628. The fourth-order valence-electron chi connectivity index (χ4n) is 2.28. The highest BCUT2D eigenvalue weighted by atomic mass is 16.5. The van der Waals surface area contributed by atoms with Crippen molar-refractivity contribution in [3.8, 4) is 0 Å². The van der Waals surface area contributed by atoms with E-state index in [1.807, 2.05) is 10.6 Å². The molecule has 0 saturated carbocycles. The minimum absolute atomic E-state index is 0.0416. The molecular weight excluding hydrogens is 268 g/mol. The Labute approximate surface area is 121 Å². The van der Waals surface area contributed by atoms with Crippen molar-refractivity contribution < 1.29 is 4.74 Å². The van der Waals surface area contributed by atoms with Gasteiger partial charge in [-0.2, -0.15) is 0 Å². The molecule has 0 saturated heterocycles. The van der Waals surface area contributed by atoms with Crippen molar-refractivity contribution in [2.45, 2.75) is 13.1 Å². The molecule has 0 fully saturated rings. The van der Waals surface area contributed by atoms with Gasteiger partial charge in [0.1, 0.15) is 0 Å². The third kappa shape index (κ3) is 2.71. The summed E-state index contributed by atoms with van der Waals surface area (Å²) in [4.78, 5) is 20.8. The molecule has 108 valence electrons. The molecule has 0 unspecified atom stereocenters. The lowest BCUT2D eigenvalue weighted by Crippen LogP contribution is -2.22. The van der Waals surface area contributed by atoms with E-state index in [0.29, 0.717) is 24.1 Å². The Kier molecular flexibility index (Phi) is 3.79. The van der Waals surface area contributed by atoms with Crippen molar-refractivity contribution in [1.29, 1.82) is 0 Å². The minimum Gasteiger partial charge on any atom is -0.383 e. The van der Waals surface area contributed by atoms with Gasteiger partial charge >= 0.3 is 0 Å². The average Bonchev–Trinajstić information content (AvgIpc) is 2.95. The van der Waals surface area contributed by atoms with Crippen LogP contribution in [0.5, 0.6) is 0 Å². The third-order valence-corrected chi connectivity index (χ3v) is 3.41. The molecule has 0 N–H and O–H groups in total. The second-order valence-corrected chi connectivity index (χ2v) is 4.76. The van der Waals surface area contributed by atoms with Crippen LogP contribution in [0, 0.1) is 0 Å². The van der Waals surface area contributed by atoms with Gasteiger partial charge < -0.3 is 13.9 Å². The predicted molar refractivity (Wildman–Crippen MR) is 79.2 cm³/mol. The van der Waals surface area contributed by atoms with Crippen LogP contribution in [0.25, 0.3) is 10.9 Å². The van der Waals surface area contributed by atoms with Gasteiger partial charge in [0.15, 0.2) is 0 Å². The first-order valence-corrected chi connectivity index (χ1v) is 6.71. The van der Waals surface area contributed by atoms with Crippen molar-refractivity contribution in [3.05, 3.63) is 59.2 Å². The van der Waals surface area contributed by atoms with Crippen molar-refractivity contribution in [1.82, 2.24) is 19.1 Å². The number of imidazole rings is 1. The molecule has 0 aliphatic carbocycles. The van der Waals surface area contributed by atoms with Crippen molar-refractivity contribution in [2.24, 2.45) is 0 Å². The summed E-state index contributed by atoms with van der Waals surface area (Å²) >= 11 is 0. The second-order valence-electron chi connectivity index (χ2n) is 4.76. The van der Waals surface area contributed by atoms with Gasteiger partial charge in [-0.25, -0.2) is 4.98 Å². The fourth-order valence-corrected chi connectivity index (χ4v) is 2.28. The molecule has 3 aromatic heterocycles. The largest absolute Gasteiger partial charge is 0.383 e. The van der Waals surface area contributed by atoms with E-state index in [1.165, 1.54) is 0 Å². The van der Waals surface area contributed by atoms with E-state index >= 15 is 0 Å². The predicted octanol–water partition coefficient (Wildman–Crippen LogP) is 1.29. The number of aromatic nitrogens is 4. The van der Waals surface area contributed by atoms with E-state index in [2.05, 4.69) is 9.97 Å². The van der Waals surface area contributed by atoms with E-state index in [4.69, 9.17) is 4.74 Å². The van der Waals surface area contributed by atoms with Gasteiger partial charge in [0.25, 0.3) is 5.56 Å². The smallest absolute Gasteiger partial charge is 0.260 e. The van der Waals surface area contributed by atoms with Gasteiger partial charge in [0.05, 0.1) is 36.1 Å². The maximum Gasteiger partial charge on any atom is 0.260 e. The van der Waals surface area contributed by atoms with Crippen LogP contribution in [-0.4, -0.2) is 32.8 Å². The van der Waals surface area contributed by atoms with Crippen LogP contribution in [0.15, 0.2) is 47.9 Å². The van der Waals surface area contributed by atoms with Crippen molar-refractivity contribution in [2.75, 3.05) is 13.7 Å². The number of nitrogens with zero attached hydrogens (tertiary/aromatic N) is 4. The molecule has 0 radical (unpaired) electrons. The molecule has 0 bridgehead atoms. The normalized spacial score (nSPS) is 11.1. The highest BCUT2D eigenvalue weighted by Crippen LogP contribution is 2.07. The summed E-state index contributed by atoms with van der Waals surface area (Å²) in [6, 6.07) is 5.42. The van der Waals surface area contributed by atoms with E-state index in [1.54, 1.807) is 48.7 Å². The number of hydrogen-bond acceptors (Lipinski definition) is 4. The Balaban J connectivity index is 1.94. The number of hydrogen-bond donors (Lipinski definition) is 0. The van der Waals surface area contributed by atoms with Crippen molar-refractivity contribution >= 4 is 10.9 Å². The molecule has 0 amide bonds. The molecule has 0 aliphatic heterocycles. The molecule has 3 heterocycles. The van der Waals surface area contributed by atoms with Crippen LogP contribution in [0.1, 0.15) is 5.69 Å². The Morgan fingerprint density at radius 3 is 3.05 bits per heavy atom. The molecule has 0 atom stereocenters. The Morgan fingerprint density at radius 1 is 1.29 bits per heavy atom. The zero-order valence-electron chi connectivity index (χ0n) is 11.8. The standard InChI is InChI=1S/C15H16N4O2/c1-21-8-7-19-11-16-9-12(19)10-18-6-4-14-13(15(18)20)3-2-5-17-14/h2-6,9,11H,7-8,10H2,1H3. The maximum absolute atomic E-state index is 12.4. The van der Waals surface area contributed by atoms with Crippen LogP contribution in [0.4, 0.5) is 0 Å². The van der Waals surface area contributed by atoms with Crippen LogP contribution < -0.4 is 5.56 Å². The minimum atomic E-state index is -0.0416. The van der Waals surface area contributed by atoms with E-state index in [0.717, 1.165) is 12.2 Å². The summed E-state index contributed by atoms with van der Waals surface area (Å²) in [5.41, 5.74) is 1.64. The van der Waals surface area contributed by atoms with E-state index in [9.17, 15) is 4.79 Å². The summed E-state index contributed by atoms with van der Waals surface area (Å²) in [7, 11) is 1.66. The van der Waals surface area contributed by atoms with E-state index in [-0.39, 0.29) is 5.56 Å². The molecule has 0 aromatic carbocycles. The molecule has 6 nitrogen and oxygen atoms in total. The molecule has 0 spiro atoms. The first kappa shape index (κ1) is 13.5. The number of fused-ring (bicyclic) bond motifs is 1. The maximum atomic E-state index is 12.4. The van der Waals surface area contributed by atoms with Crippen LogP contribution >= 0.6 is 0 Å². The second kappa shape index (κ2) is 5.88. The molecule has 0 aliphatic rings. The lowest BCUT2D eigenvalue weighted by atomic mass is 10.2.